The zero-order chi connectivity index (χ0) is 11.7. The fourth-order valence-corrected chi connectivity index (χ4v) is 2.44. The van der Waals surface area contributed by atoms with Gasteiger partial charge in [0.1, 0.15) is 12.0 Å². The zero-order valence-corrected chi connectivity index (χ0v) is 10.2. The maximum absolute atomic E-state index is 4.60. The van der Waals surface area contributed by atoms with E-state index in [2.05, 4.69) is 28.4 Å². The maximum atomic E-state index is 4.60. The van der Waals surface area contributed by atoms with Crippen molar-refractivity contribution in [2.45, 2.75) is 4.90 Å². The Bertz CT molecular complexity index is 627. The number of imidazole rings is 1. The van der Waals surface area contributed by atoms with Gasteiger partial charge in [0, 0.05) is 22.9 Å². The Labute approximate surface area is 104 Å². The smallest absolute Gasteiger partial charge is 0.140 e. The third-order valence-corrected chi connectivity index (χ3v) is 3.44. The highest BCUT2D eigenvalue weighted by atomic mass is 32.2. The largest absolute Gasteiger partial charge is 0.290 e. The number of fused-ring (bicyclic) bond motifs is 1. The van der Waals surface area contributed by atoms with Gasteiger partial charge in [-0.15, -0.1) is 11.8 Å². The van der Waals surface area contributed by atoms with Crippen molar-refractivity contribution in [1.29, 1.82) is 0 Å². The number of hydrogen-bond acceptors (Lipinski definition) is 3. The van der Waals surface area contributed by atoms with E-state index in [4.69, 9.17) is 0 Å². The van der Waals surface area contributed by atoms with Crippen molar-refractivity contribution in [3.63, 3.8) is 0 Å². The number of rotatable bonds is 2. The van der Waals surface area contributed by atoms with E-state index >= 15 is 0 Å². The van der Waals surface area contributed by atoms with Crippen molar-refractivity contribution < 1.29 is 0 Å². The van der Waals surface area contributed by atoms with Crippen LogP contribution in [-0.2, 0) is 0 Å². The molecule has 3 rings (SSSR count). The van der Waals surface area contributed by atoms with Gasteiger partial charge >= 0.3 is 0 Å². The van der Waals surface area contributed by atoms with E-state index in [1.165, 1.54) is 10.5 Å². The van der Waals surface area contributed by atoms with Gasteiger partial charge in [-0.05, 0) is 18.4 Å². The molecule has 3 aromatic rings. The first-order chi connectivity index (χ1) is 8.38. The van der Waals surface area contributed by atoms with Crippen molar-refractivity contribution in [1.82, 2.24) is 14.4 Å². The summed E-state index contributed by atoms with van der Waals surface area (Å²) < 4.78 is 1.94. The molecular weight excluding hydrogens is 230 g/mol. The predicted molar refractivity (Wildman–Crippen MR) is 70.2 cm³/mol. The summed E-state index contributed by atoms with van der Waals surface area (Å²) in [4.78, 5) is 9.92. The minimum Gasteiger partial charge on any atom is -0.290 e. The Kier molecular flexibility index (Phi) is 2.57. The van der Waals surface area contributed by atoms with Crippen LogP contribution >= 0.6 is 11.8 Å². The van der Waals surface area contributed by atoms with E-state index in [1.807, 2.05) is 28.8 Å². The number of nitrogens with zero attached hydrogens (tertiary/aromatic N) is 3. The molecular formula is C13H11N3S. The third kappa shape index (κ3) is 1.80. The van der Waals surface area contributed by atoms with Crippen molar-refractivity contribution in [2.24, 2.45) is 0 Å². The highest BCUT2D eigenvalue weighted by Gasteiger charge is 2.07. The van der Waals surface area contributed by atoms with Gasteiger partial charge in [0.25, 0.3) is 0 Å². The van der Waals surface area contributed by atoms with Gasteiger partial charge in [0.2, 0.25) is 0 Å². The van der Waals surface area contributed by atoms with Crippen LogP contribution in [0.3, 0.4) is 0 Å². The van der Waals surface area contributed by atoms with Gasteiger partial charge in [0.05, 0.1) is 5.69 Å². The summed E-state index contributed by atoms with van der Waals surface area (Å²) in [5.74, 6) is 0. The molecule has 0 atom stereocenters. The second-order valence-electron chi connectivity index (χ2n) is 3.67. The van der Waals surface area contributed by atoms with E-state index in [0.29, 0.717) is 0 Å². The van der Waals surface area contributed by atoms with Crippen LogP contribution < -0.4 is 0 Å². The van der Waals surface area contributed by atoms with Gasteiger partial charge in [-0.3, -0.25) is 4.40 Å². The van der Waals surface area contributed by atoms with Crippen LogP contribution in [0.4, 0.5) is 0 Å². The van der Waals surface area contributed by atoms with Crippen LogP contribution in [0.25, 0.3) is 16.9 Å². The van der Waals surface area contributed by atoms with Crippen LogP contribution in [-0.4, -0.2) is 20.6 Å². The lowest BCUT2D eigenvalue weighted by Gasteiger charge is -2.02. The number of hydrogen-bond donors (Lipinski definition) is 0. The molecule has 0 saturated heterocycles. The summed E-state index contributed by atoms with van der Waals surface area (Å²) in [6, 6.07) is 10.2. The van der Waals surface area contributed by atoms with Gasteiger partial charge in [0.15, 0.2) is 0 Å². The molecule has 0 amide bonds. The van der Waals surface area contributed by atoms with Crippen LogP contribution in [0.5, 0.6) is 0 Å². The van der Waals surface area contributed by atoms with Gasteiger partial charge in [-0.25, -0.2) is 9.97 Å². The molecule has 0 bridgehead atoms. The Balaban J connectivity index is 2.20. The highest BCUT2D eigenvalue weighted by Crippen LogP contribution is 2.29. The minimum atomic E-state index is 0.922. The number of thioether (sulfide) groups is 1. The summed E-state index contributed by atoms with van der Waals surface area (Å²) in [6.07, 6.45) is 7.62. The maximum Gasteiger partial charge on any atom is 0.140 e. The lowest BCUT2D eigenvalue weighted by atomic mass is 10.2. The van der Waals surface area contributed by atoms with Crippen molar-refractivity contribution in [3.8, 4) is 11.3 Å². The Morgan fingerprint density at radius 3 is 2.88 bits per heavy atom. The molecule has 0 saturated carbocycles. The average Bonchev–Trinajstić information content (AvgIpc) is 2.82. The van der Waals surface area contributed by atoms with Crippen LogP contribution in [0, 0.1) is 0 Å². The molecule has 0 aliphatic heterocycles. The van der Waals surface area contributed by atoms with Gasteiger partial charge in [-0.2, -0.15) is 0 Å². The Morgan fingerprint density at radius 1 is 1.18 bits per heavy atom. The van der Waals surface area contributed by atoms with E-state index < -0.39 is 0 Å². The first-order valence-electron chi connectivity index (χ1n) is 5.30. The standard InChI is InChI=1S/C13H11N3S/c1-17-12-5-3-2-4-10(12)11-8-16-9-14-7-6-13(16)15-11/h2-9H,1H3. The first-order valence-corrected chi connectivity index (χ1v) is 6.53. The summed E-state index contributed by atoms with van der Waals surface area (Å²) in [7, 11) is 0. The molecule has 2 aromatic heterocycles. The molecule has 0 fully saturated rings. The molecule has 0 aliphatic rings. The SMILES string of the molecule is CSc1ccccc1-c1cn2cnccc2n1. The summed E-state index contributed by atoms with van der Waals surface area (Å²) in [5.41, 5.74) is 3.08. The first kappa shape index (κ1) is 10.4. The van der Waals surface area contributed by atoms with Crippen molar-refractivity contribution in [3.05, 3.63) is 49.1 Å². The molecule has 2 heterocycles. The fraction of sp³-hybridized carbons (Fsp3) is 0.0769. The molecule has 0 radical (unpaired) electrons. The lowest BCUT2D eigenvalue weighted by molar-refractivity contribution is 1.09. The number of aromatic nitrogens is 3. The van der Waals surface area contributed by atoms with Gasteiger partial charge in [-0.1, -0.05) is 18.2 Å². The molecule has 84 valence electrons. The Hall–Kier alpha value is -1.81. The average molecular weight is 241 g/mol. The molecule has 0 unspecified atom stereocenters. The quantitative estimate of drug-likeness (QED) is 0.646. The molecule has 17 heavy (non-hydrogen) atoms. The van der Waals surface area contributed by atoms with Crippen molar-refractivity contribution >= 4 is 17.4 Å². The predicted octanol–water partition coefficient (Wildman–Crippen LogP) is 3.12. The fourth-order valence-electron chi connectivity index (χ4n) is 1.83. The van der Waals surface area contributed by atoms with Crippen molar-refractivity contribution in [2.75, 3.05) is 6.26 Å². The van der Waals surface area contributed by atoms with Crippen LogP contribution in [0.1, 0.15) is 0 Å². The van der Waals surface area contributed by atoms with E-state index in [9.17, 15) is 0 Å². The normalized spacial score (nSPS) is 10.9. The second-order valence-corrected chi connectivity index (χ2v) is 4.52. The van der Waals surface area contributed by atoms with Gasteiger partial charge < -0.3 is 0 Å². The molecule has 3 nitrogen and oxygen atoms in total. The molecule has 0 spiro atoms. The molecule has 0 aliphatic carbocycles. The Morgan fingerprint density at radius 2 is 2.06 bits per heavy atom. The van der Waals surface area contributed by atoms with E-state index in [1.54, 1.807) is 24.3 Å². The highest BCUT2D eigenvalue weighted by molar-refractivity contribution is 7.98. The molecule has 1 aromatic carbocycles. The topological polar surface area (TPSA) is 30.2 Å². The molecule has 4 heteroatoms. The lowest BCUT2D eigenvalue weighted by Crippen LogP contribution is -1.81. The summed E-state index contributed by atoms with van der Waals surface area (Å²) in [6.45, 7) is 0. The van der Waals surface area contributed by atoms with E-state index in [-0.39, 0.29) is 0 Å². The van der Waals surface area contributed by atoms with E-state index in [0.717, 1.165) is 11.3 Å². The summed E-state index contributed by atoms with van der Waals surface area (Å²) in [5, 5.41) is 0. The van der Waals surface area contributed by atoms with Crippen LogP contribution in [0.2, 0.25) is 0 Å². The van der Waals surface area contributed by atoms with Crippen LogP contribution in [0.15, 0.2) is 53.9 Å². The third-order valence-electron chi connectivity index (χ3n) is 2.64. The summed E-state index contributed by atoms with van der Waals surface area (Å²) >= 11 is 1.74. The minimum absolute atomic E-state index is 0.922. The molecule has 0 N–H and O–H groups in total. The number of benzene rings is 1. The second kappa shape index (κ2) is 4.22. The zero-order valence-electron chi connectivity index (χ0n) is 9.37. The monoisotopic (exact) mass is 241 g/mol.